The lowest BCUT2D eigenvalue weighted by molar-refractivity contribution is 0.0783. The molecule has 3 atom stereocenters. The molecule has 1 aliphatic heterocycles. The van der Waals surface area contributed by atoms with E-state index < -0.39 is 0 Å². The first-order valence-electron chi connectivity index (χ1n) is 7.26. The van der Waals surface area contributed by atoms with E-state index in [0.29, 0.717) is 17.4 Å². The van der Waals surface area contributed by atoms with Crippen LogP contribution in [0.25, 0.3) is 0 Å². The summed E-state index contributed by atoms with van der Waals surface area (Å²) in [5.41, 5.74) is 6.36. The third-order valence-electron chi connectivity index (χ3n) is 4.73. The molecular formula is C15H21N3O2. The molecule has 2 aliphatic rings. The van der Waals surface area contributed by atoms with Crippen LogP contribution in [0.4, 0.5) is 0 Å². The monoisotopic (exact) mass is 275 g/mol. The molecule has 3 rings (SSSR count). The summed E-state index contributed by atoms with van der Waals surface area (Å²) in [7, 11) is 1.68. The van der Waals surface area contributed by atoms with Crippen molar-refractivity contribution in [1.29, 1.82) is 0 Å². The summed E-state index contributed by atoms with van der Waals surface area (Å²) in [6.45, 7) is 1.60. The molecule has 2 N–H and O–H groups in total. The highest BCUT2D eigenvalue weighted by Gasteiger charge is 2.38. The molecule has 108 valence electrons. The fraction of sp³-hybridized carbons (Fsp3) is 0.600. The normalized spacial score (nSPS) is 29.3. The molecule has 20 heavy (non-hydrogen) atoms. The van der Waals surface area contributed by atoms with Crippen molar-refractivity contribution >= 4 is 5.91 Å². The zero-order valence-electron chi connectivity index (χ0n) is 11.8. The van der Waals surface area contributed by atoms with Gasteiger partial charge in [-0.25, -0.2) is 0 Å². The predicted octanol–water partition coefficient (Wildman–Crippen LogP) is 0.585. The van der Waals surface area contributed by atoms with Crippen molar-refractivity contribution in [2.75, 3.05) is 13.1 Å². The first-order chi connectivity index (χ1) is 9.54. The smallest absolute Gasteiger partial charge is 0.254 e. The molecule has 2 fully saturated rings. The SMILES string of the molecule is Cn1ccc(C(=O)N2C[C@H]3CCC(N)C[C@H]3C2)cc1=O. The van der Waals surface area contributed by atoms with Gasteiger partial charge in [0.2, 0.25) is 0 Å². The highest BCUT2D eigenvalue weighted by molar-refractivity contribution is 5.94. The highest BCUT2D eigenvalue weighted by Crippen LogP contribution is 2.36. The molecule has 1 saturated carbocycles. The number of hydrogen-bond acceptors (Lipinski definition) is 3. The van der Waals surface area contributed by atoms with Gasteiger partial charge in [-0.05, 0) is 37.2 Å². The number of amides is 1. The summed E-state index contributed by atoms with van der Waals surface area (Å²) in [6, 6.07) is 3.43. The van der Waals surface area contributed by atoms with Crippen LogP contribution in [-0.2, 0) is 7.05 Å². The molecular weight excluding hydrogens is 254 g/mol. The molecule has 0 bridgehead atoms. The minimum Gasteiger partial charge on any atom is -0.338 e. The fourth-order valence-electron chi connectivity index (χ4n) is 3.50. The molecule has 1 aromatic rings. The molecule has 5 heteroatoms. The summed E-state index contributed by atoms with van der Waals surface area (Å²) in [6.07, 6.45) is 4.85. The van der Waals surface area contributed by atoms with Crippen LogP contribution in [0.3, 0.4) is 0 Å². The largest absolute Gasteiger partial charge is 0.338 e. The van der Waals surface area contributed by atoms with Gasteiger partial charge < -0.3 is 15.2 Å². The van der Waals surface area contributed by atoms with Crippen LogP contribution in [0, 0.1) is 11.8 Å². The van der Waals surface area contributed by atoms with Crippen LogP contribution < -0.4 is 11.3 Å². The van der Waals surface area contributed by atoms with E-state index in [4.69, 9.17) is 5.73 Å². The van der Waals surface area contributed by atoms with Crippen molar-refractivity contribution in [2.45, 2.75) is 25.3 Å². The van der Waals surface area contributed by atoms with Gasteiger partial charge in [-0.3, -0.25) is 9.59 Å². The van der Waals surface area contributed by atoms with E-state index >= 15 is 0 Å². The van der Waals surface area contributed by atoms with Gasteiger partial charge in [-0.1, -0.05) is 0 Å². The van der Waals surface area contributed by atoms with Crippen LogP contribution in [-0.4, -0.2) is 34.5 Å². The van der Waals surface area contributed by atoms with Crippen molar-refractivity contribution in [3.63, 3.8) is 0 Å². The fourth-order valence-corrected chi connectivity index (χ4v) is 3.50. The maximum Gasteiger partial charge on any atom is 0.254 e. The van der Waals surface area contributed by atoms with E-state index in [1.807, 2.05) is 4.90 Å². The second-order valence-corrected chi connectivity index (χ2v) is 6.17. The van der Waals surface area contributed by atoms with E-state index in [9.17, 15) is 9.59 Å². The number of nitrogens with two attached hydrogens (primary N) is 1. The van der Waals surface area contributed by atoms with Crippen LogP contribution in [0.2, 0.25) is 0 Å². The third kappa shape index (κ3) is 2.38. The third-order valence-corrected chi connectivity index (χ3v) is 4.73. The second kappa shape index (κ2) is 5.05. The summed E-state index contributed by atoms with van der Waals surface area (Å²) in [5, 5.41) is 0. The van der Waals surface area contributed by atoms with E-state index in [2.05, 4.69) is 0 Å². The first kappa shape index (κ1) is 13.4. The van der Waals surface area contributed by atoms with E-state index in [1.165, 1.54) is 10.6 Å². The Morgan fingerprint density at radius 3 is 2.80 bits per heavy atom. The van der Waals surface area contributed by atoms with E-state index in [0.717, 1.165) is 32.4 Å². The van der Waals surface area contributed by atoms with Gasteiger partial charge in [0.25, 0.3) is 11.5 Å². The zero-order valence-corrected chi connectivity index (χ0v) is 11.8. The van der Waals surface area contributed by atoms with Crippen molar-refractivity contribution in [3.05, 3.63) is 34.2 Å². The van der Waals surface area contributed by atoms with Crippen LogP contribution in [0.15, 0.2) is 23.1 Å². The van der Waals surface area contributed by atoms with E-state index in [-0.39, 0.29) is 17.5 Å². The average molecular weight is 275 g/mol. The predicted molar refractivity (Wildman–Crippen MR) is 76.4 cm³/mol. The number of fused-ring (bicyclic) bond motifs is 1. The van der Waals surface area contributed by atoms with Crippen molar-refractivity contribution < 1.29 is 4.79 Å². The molecule has 0 radical (unpaired) electrons. The first-order valence-corrected chi connectivity index (χ1v) is 7.26. The number of aromatic nitrogens is 1. The second-order valence-electron chi connectivity index (χ2n) is 6.17. The van der Waals surface area contributed by atoms with Gasteiger partial charge in [-0.2, -0.15) is 0 Å². The summed E-state index contributed by atoms with van der Waals surface area (Å²) < 4.78 is 1.47. The van der Waals surface area contributed by atoms with Gasteiger partial charge in [0.1, 0.15) is 0 Å². The lowest BCUT2D eigenvalue weighted by atomic mass is 9.79. The standard InChI is InChI=1S/C15H21N3O2/c1-17-5-4-10(7-14(17)19)15(20)18-8-11-2-3-13(16)6-12(11)9-18/h4-5,7,11-13H,2-3,6,8-9,16H2,1H3/t11-,12+,13?/m1/s1. The number of carbonyl (C=O) groups excluding carboxylic acids is 1. The maximum atomic E-state index is 12.5. The summed E-state index contributed by atoms with van der Waals surface area (Å²) >= 11 is 0. The summed E-state index contributed by atoms with van der Waals surface area (Å²) in [5.74, 6) is 1.10. The van der Waals surface area contributed by atoms with Crippen molar-refractivity contribution in [3.8, 4) is 0 Å². The molecule has 1 aliphatic carbocycles. The minimum absolute atomic E-state index is 0.0225. The quantitative estimate of drug-likeness (QED) is 0.815. The Hall–Kier alpha value is -1.62. The Balaban J connectivity index is 1.75. The molecule has 1 amide bonds. The lowest BCUT2D eigenvalue weighted by Crippen LogP contribution is -2.32. The maximum absolute atomic E-state index is 12.5. The van der Waals surface area contributed by atoms with Gasteiger partial charge >= 0.3 is 0 Å². The Labute approximate surface area is 118 Å². The number of aryl methyl sites for hydroxylation is 1. The Morgan fingerprint density at radius 2 is 2.05 bits per heavy atom. The van der Waals surface area contributed by atoms with Crippen LogP contribution in [0.5, 0.6) is 0 Å². The zero-order chi connectivity index (χ0) is 14.3. The Bertz CT molecular complexity index is 581. The topological polar surface area (TPSA) is 68.3 Å². The Kier molecular flexibility index (Phi) is 3.38. The molecule has 1 saturated heterocycles. The number of carbonyl (C=O) groups is 1. The highest BCUT2D eigenvalue weighted by atomic mass is 16.2. The van der Waals surface area contributed by atoms with Gasteiger partial charge in [-0.15, -0.1) is 0 Å². The lowest BCUT2D eigenvalue weighted by Gasteiger charge is -2.27. The number of hydrogen-bond donors (Lipinski definition) is 1. The summed E-state index contributed by atoms with van der Waals surface area (Å²) in [4.78, 5) is 26.0. The molecule has 1 aromatic heterocycles. The molecule has 5 nitrogen and oxygen atoms in total. The minimum atomic E-state index is -0.144. The number of rotatable bonds is 1. The van der Waals surface area contributed by atoms with Gasteiger partial charge in [0.05, 0.1) is 0 Å². The molecule has 2 heterocycles. The molecule has 1 unspecified atom stereocenters. The Morgan fingerprint density at radius 1 is 1.30 bits per heavy atom. The van der Waals surface area contributed by atoms with Crippen LogP contribution >= 0.6 is 0 Å². The number of nitrogens with zero attached hydrogens (tertiary/aromatic N) is 2. The van der Waals surface area contributed by atoms with Crippen molar-refractivity contribution in [1.82, 2.24) is 9.47 Å². The number of likely N-dealkylation sites (tertiary alicyclic amines) is 1. The van der Waals surface area contributed by atoms with Crippen LogP contribution in [0.1, 0.15) is 29.6 Å². The van der Waals surface area contributed by atoms with Crippen molar-refractivity contribution in [2.24, 2.45) is 24.6 Å². The number of pyridine rings is 1. The van der Waals surface area contributed by atoms with Gasteiger partial charge in [0.15, 0.2) is 0 Å². The molecule has 0 spiro atoms. The van der Waals surface area contributed by atoms with Gasteiger partial charge in [0, 0.05) is 44.0 Å². The average Bonchev–Trinajstić information content (AvgIpc) is 2.84. The molecule has 0 aromatic carbocycles. The van der Waals surface area contributed by atoms with E-state index in [1.54, 1.807) is 19.3 Å².